The number of hydrogen-bond donors (Lipinski definition) is 1. The molecule has 0 amide bonds. The van der Waals surface area contributed by atoms with Gasteiger partial charge in [-0.2, -0.15) is 9.37 Å². The lowest BCUT2D eigenvalue weighted by Crippen LogP contribution is -2.05. The molecular weight excluding hydrogens is 249 g/mol. The third-order valence-corrected chi connectivity index (χ3v) is 3.29. The Hall–Kier alpha value is -1.56. The second-order valence-corrected chi connectivity index (χ2v) is 4.47. The van der Waals surface area contributed by atoms with E-state index in [-0.39, 0.29) is 5.82 Å². The molecule has 0 atom stereocenters. The van der Waals surface area contributed by atoms with Crippen LogP contribution >= 0.6 is 11.3 Å². The van der Waals surface area contributed by atoms with Gasteiger partial charge in [0.2, 0.25) is 0 Å². The molecule has 0 spiro atoms. The van der Waals surface area contributed by atoms with Crippen LogP contribution in [0.25, 0.3) is 0 Å². The predicted molar refractivity (Wildman–Crippen MR) is 60.5 cm³/mol. The number of nitrogens with zero attached hydrogens (tertiary/aromatic N) is 1. The van der Waals surface area contributed by atoms with Gasteiger partial charge >= 0.3 is 0 Å². The molecule has 0 saturated carbocycles. The fraction of sp³-hybridized carbons (Fsp3) is 0.182. The van der Waals surface area contributed by atoms with Crippen molar-refractivity contribution in [2.75, 3.05) is 5.32 Å². The normalized spacial score (nSPS) is 10.6. The van der Waals surface area contributed by atoms with E-state index in [0.717, 1.165) is 10.4 Å². The van der Waals surface area contributed by atoms with Crippen molar-refractivity contribution >= 4 is 17.2 Å². The van der Waals surface area contributed by atoms with Gasteiger partial charge in [0.25, 0.3) is 5.95 Å². The van der Waals surface area contributed by atoms with Crippen LogP contribution in [0.3, 0.4) is 0 Å². The summed E-state index contributed by atoms with van der Waals surface area (Å²) in [6.45, 7) is 2.25. The molecule has 2 rings (SSSR count). The van der Waals surface area contributed by atoms with E-state index in [9.17, 15) is 13.2 Å². The molecule has 0 aliphatic rings. The number of hydrogen-bond acceptors (Lipinski definition) is 3. The van der Waals surface area contributed by atoms with Gasteiger partial charge in [-0.25, -0.2) is 8.78 Å². The monoisotopic (exact) mass is 258 g/mol. The van der Waals surface area contributed by atoms with Crippen LogP contribution in [0.15, 0.2) is 17.5 Å². The van der Waals surface area contributed by atoms with Crippen LogP contribution < -0.4 is 5.32 Å². The zero-order valence-electron chi connectivity index (χ0n) is 8.93. The number of rotatable bonds is 3. The molecule has 0 fully saturated rings. The predicted octanol–water partition coefficient (Wildman–Crippen LogP) is 3.48. The van der Waals surface area contributed by atoms with E-state index in [4.69, 9.17) is 0 Å². The Morgan fingerprint density at radius 3 is 2.71 bits per heavy atom. The minimum Gasteiger partial charge on any atom is -0.363 e. The highest BCUT2D eigenvalue weighted by molar-refractivity contribution is 7.10. The lowest BCUT2D eigenvalue weighted by Gasteiger charge is -2.06. The van der Waals surface area contributed by atoms with Crippen LogP contribution in [-0.4, -0.2) is 4.98 Å². The van der Waals surface area contributed by atoms with Crippen molar-refractivity contribution in [2.45, 2.75) is 13.5 Å². The highest BCUT2D eigenvalue weighted by Gasteiger charge is 2.11. The summed E-state index contributed by atoms with van der Waals surface area (Å²) < 4.78 is 38.7. The first-order chi connectivity index (χ1) is 8.08. The average molecular weight is 258 g/mol. The Balaban J connectivity index is 2.14. The fourth-order valence-corrected chi connectivity index (χ4v) is 2.16. The van der Waals surface area contributed by atoms with Crippen LogP contribution in [0.1, 0.15) is 10.4 Å². The zero-order valence-corrected chi connectivity index (χ0v) is 9.75. The highest BCUT2D eigenvalue weighted by atomic mass is 32.1. The molecule has 0 aliphatic heterocycles. The van der Waals surface area contributed by atoms with Crippen molar-refractivity contribution in [1.82, 2.24) is 4.98 Å². The van der Waals surface area contributed by atoms with E-state index < -0.39 is 17.6 Å². The number of thiophene rings is 1. The third-order valence-electron chi connectivity index (χ3n) is 2.27. The molecule has 1 N–H and O–H groups in total. The van der Waals surface area contributed by atoms with Gasteiger partial charge in [0, 0.05) is 10.9 Å². The standard InChI is InChI=1S/C11H9F3N2S/c1-6-2-3-17-9(6)5-15-11-8(13)4-7(12)10(14)16-11/h2-4H,5H2,1H3,(H,15,16). The van der Waals surface area contributed by atoms with E-state index in [1.54, 1.807) is 0 Å². The molecular formula is C11H9F3N2S. The molecule has 90 valence electrons. The number of aryl methyl sites for hydroxylation is 1. The molecule has 0 saturated heterocycles. The first kappa shape index (κ1) is 11.9. The molecule has 2 nitrogen and oxygen atoms in total. The van der Waals surface area contributed by atoms with E-state index in [2.05, 4.69) is 10.3 Å². The summed E-state index contributed by atoms with van der Waals surface area (Å²) in [4.78, 5) is 4.17. The van der Waals surface area contributed by atoms with Crippen molar-refractivity contribution < 1.29 is 13.2 Å². The molecule has 0 radical (unpaired) electrons. The Morgan fingerprint density at radius 2 is 2.06 bits per heavy atom. The summed E-state index contributed by atoms with van der Waals surface area (Å²) >= 11 is 1.50. The maximum Gasteiger partial charge on any atom is 0.251 e. The molecule has 2 aromatic rings. The van der Waals surface area contributed by atoms with Gasteiger partial charge in [0.05, 0.1) is 6.54 Å². The molecule has 0 aromatic carbocycles. The van der Waals surface area contributed by atoms with Gasteiger partial charge in [0.15, 0.2) is 17.5 Å². The van der Waals surface area contributed by atoms with Crippen molar-refractivity contribution in [3.05, 3.63) is 45.5 Å². The molecule has 2 heterocycles. The van der Waals surface area contributed by atoms with Gasteiger partial charge < -0.3 is 5.32 Å². The van der Waals surface area contributed by atoms with Gasteiger partial charge in [-0.05, 0) is 23.9 Å². The second kappa shape index (κ2) is 4.75. The molecule has 2 aromatic heterocycles. The highest BCUT2D eigenvalue weighted by Crippen LogP contribution is 2.19. The smallest absolute Gasteiger partial charge is 0.251 e. The average Bonchev–Trinajstić information content (AvgIpc) is 2.68. The number of pyridine rings is 1. The van der Waals surface area contributed by atoms with Crippen LogP contribution in [0.4, 0.5) is 19.0 Å². The molecule has 17 heavy (non-hydrogen) atoms. The van der Waals surface area contributed by atoms with Gasteiger partial charge in [0.1, 0.15) is 0 Å². The number of halogens is 3. The van der Waals surface area contributed by atoms with Gasteiger partial charge in [-0.1, -0.05) is 0 Å². The lowest BCUT2D eigenvalue weighted by molar-refractivity contribution is 0.466. The summed E-state index contributed by atoms with van der Waals surface area (Å²) in [5.41, 5.74) is 1.06. The summed E-state index contributed by atoms with van der Waals surface area (Å²) in [7, 11) is 0. The SMILES string of the molecule is Cc1ccsc1CNc1nc(F)c(F)cc1F. The minimum absolute atomic E-state index is 0.281. The molecule has 0 bridgehead atoms. The third kappa shape index (κ3) is 2.58. The summed E-state index contributed by atoms with van der Waals surface area (Å²) in [5, 5.41) is 4.55. The maximum atomic E-state index is 13.2. The van der Waals surface area contributed by atoms with Crippen LogP contribution in [0.5, 0.6) is 0 Å². The Morgan fingerprint density at radius 1 is 1.29 bits per heavy atom. The fourth-order valence-electron chi connectivity index (χ4n) is 1.32. The van der Waals surface area contributed by atoms with Crippen molar-refractivity contribution in [1.29, 1.82) is 0 Å². The van der Waals surface area contributed by atoms with E-state index in [0.29, 0.717) is 12.6 Å². The molecule has 0 unspecified atom stereocenters. The first-order valence-corrected chi connectivity index (χ1v) is 5.74. The van der Waals surface area contributed by atoms with Crippen molar-refractivity contribution in [3.8, 4) is 0 Å². The zero-order chi connectivity index (χ0) is 12.4. The second-order valence-electron chi connectivity index (χ2n) is 3.47. The number of anilines is 1. The summed E-state index contributed by atoms with van der Waals surface area (Å²) in [5.74, 6) is -3.79. The maximum absolute atomic E-state index is 13.2. The van der Waals surface area contributed by atoms with Gasteiger partial charge in [-0.3, -0.25) is 0 Å². The van der Waals surface area contributed by atoms with Gasteiger partial charge in [-0.15, -0.1) is 11.3 Å². The Labute approximate surface area is 100 Å². The first-order valence-electron chi connectivity index (χ1n) is 4.86. The van der Waals surface area contributed by atoms with Crippen molar-refractivity contribution in [3.63, 3.8) is 0 Å². The van der Waals surface area contributed by atoms with Crippen LogP contribution in [0, 0.1) is 24.5 Å². The Kier molecular flexibility index (Phi) is 3.33. The summed E-state index contributed by atoms with van der Waals surface area (Å²) in [6, 6.07) is 2.41. The quantitative estimate of drug-likeness (QED) is 0.852. The van der Waals surface area contributed by atoms with Crippen LogP contribution in [-0.2, 0) is 6.54 Å². The number of nitrogens with one attached hydrogen (secondary N) is 1. The topological polar surface area (TPSA) is 24.9 Å². The van der Waals surface area contributed by atoms with E-state index >= 15 is 0 Å². The molecule has 6 heteroatoms. The largest absolute Gasteiger partial charge is 0.363 e. The van der Waals surface area contributed by atoms with Crippen molar-refractivity contribution in [2.24, 2.45) is 0 Å². The molecule has 0 aliphatic carbocycles. The summed E-state index contributed by atoms with van der Waals surface area (Å²) in [6.07, 6.45) is 0. The lowest BCUT2D eigenvalue weighted by atomic mass is 10.3. The van der Waals surface area contributed by atoms with E-state index in [1.807, 2.05) is 18.4 Å². The number of aromatic nitrogens is 1. The van der Waals surface area contributed by atoms with Crippen LogP contribution in [0.2, 0.25) is 0 Å². The van der Waals surface area contributed by atoms with E-state index in [1.165, 1.54) is 11.3 Å². The minimum atomic E-state index is -1.31. The Bertz CT molecular complexity index is 540.